The summed E-state index contributed by atoms with van der Waals surface area (Å²) in [5, 5.41) is 13.1. The van der Waals surface area contributed by atoms with Gasteiger partial charge in [0.2, 0.25) is 5.91 Å². The van der Waals surface area contributed by atoms with Gasteiger partial charge >= 0.3 is 12.1 Å². The molecule has 39 heavy (non-hydrogen) atoms. The second kappa shape index (κ2) is 12.7. The van der Waals surface area contributed by atoms with Gasteiger partial charge in [-0.3, -0.25) is 4.79 Å². The zero-order valence-corrected chi connectivity index (χ0v) is 24.4. The molecule has 2 heterocycles. The molecule has 1 atom stereocenters. The number of carboxylic acid groups (broad SMARTS) is 1. The van der Waals surface area contributed by atoms with E-state index >= 15 is 0 Å². The van der Waals surface area contributed by atoms with E-state index in [1.807, 2.05) is 20.8 Å². The van der Waals surface area contributed by atoms with Crippen molar-refractivity contribution in [2.75, 3.05) is 18.1 Å². The Kier molecular flexibility index (Phi) is 9.60. The Morgan fingerprint density at radius 2 is 1.77 bits per heavy atom. The van der Waals surface area contributed by atoms with Crippen LogP contribution in [0.1, 0.15) is 100 Å². The molecule has 2 N–H and O–H groups in total. The molecule has 1 aromatic rings. The van der Waals surface area contributed by atoms with Gasteiger partial charge in [-0.1, -0.05) is 18.8 Å². The largest absolute Gasteiger partial charge is 0.477 e. The third-order valence-corrected chi connectivity index (χ3v) is 8.90. The van der Waals surface area contributed by atoms with Gasteiger partial charge < -0.3 is 24.8 Å². The fourth-order valence-electron chi connectivity index (χ4n) is 5.66. The SMILES string of the molecule is CC1CCC(C(=O)N(c2cc(C#CC(C)(C)C)sc2C(=O)O)C2CCC(NC(=O)O[C@@H]3CCOC3)CC2)CC1. The number of nitrogens with zero attached hydrogens (tertiary/aromatic N) is 1. The summed E-state index contributed by atoms with van der Waals surface area (Å²) in [6, 6.07) is 1.62. The van der Waals surface area contributed by atoms with Crippen LogP contribution in [0.3, 0.4) is 0 Å². The molecule has 0 bridgehead atoms. The van der Waals surface area contributed by atoms with Crippen molar-refractivity contribution in [2.24, 2.45) is 17.3 Å². The summed E-state index contributed by atoms with van der Waals surface area (Å²) >= 11 is 1.14. The maximum Gasteiger partial charge on any atom is 0.407 e. The third kappa shape index (κ3) is 7.98. The molecule has 9 heteroatoms. The molecule has 2 amide bonds. The van der Waals surface area contributed by atoms with Crippen molar-refractivity contribution < 1.29 is 29.0 Å². The number of ether oxygens (including phenoxy) is 2. The first-order valence-corrected chi connectivity index (χ1v) is 15.1. The summed E-state index contributed by atoms with van der Waals surface area (Å²) in [5.74, 6) is 5.81. The fraction of sp³-hybridized carbons (Fsp3) is 0.700. The van der Waals surface area contributed by atoms with E-state index < -0.39 is 12.1 Å². The van der Waals surface area contributed by atoms with Crippen molar-refractivity contribution in [3.63, 3.8) is 0 Å². The number of hydrogen-bond acceptors (Lipinski definition) is 6. The first kappa shape index (κ1) is 29.4. The first-order chi connectivity index (χ1) is 18.5. The summed E-state index contributed by atoms with van der Waals surface area (Å²) in [6.45, 7) is 9.30. The normalized spacial score (nSPS) is 27.2. The minimum absolute atomic E-state index is 0.0228. The Bertz CT molecular complexity index is 1090. The van der Waals surface area contributed by atoms with Crippen LogP contribution in [0.5, 0.6) is 0 Å². The molecule has 1 aliphatic heterocycles. The molecule has 0 unspecified atom stereocenters. The number of rotatable bonds is 6. The van der Waals surface area contributed by atoms with Crippen LogP contribution in [0.25, 0.3) is 0 Å². The van der Waals surface area contributed by atoms with Gasteiger partial charge in [0.1, 0.15) is 11.0 Å². The van der Waals surface area contributed by atoms with E-state index in [4.69, 9.17) is 9.47 Å². The molecule has 3 fully saturated rings. The Hall–Kier alpha value is -2.57. The number of alkyl carbamates (subject to hydrolysis) is 1. The Morgan fingerprint density at radius 3 is 2.36 bits per heavy atom. The average Bonchev–Trinajstić information content (AvgIpc) is 3.54. The molecule has 0 aromatic carbocycles. The van der Waals surface area contributed by atoms with Crippen LogP contribution in [0.2, 0.25) is 0 Å². The van der Waals surface area contributed by atoms with E-state index in [1.165, 1.54) is 0 Å². The summed E-state index contributed by atoms with van der Waals surface area (Å²) < 4.78 is 10.7. The minimum atomic E-state index is -1.04. The van der Waals surface area contributed by atoms with E-state index in [1.54, 1.807) is 11.0 Å². The van der Waals surface area contributed by atoms with E-state index in [-0.39, 0.29) is 40.3 Å². The zero-order valence-electron chi connectivity index (χ0n) is 23.6. The summed E-state index contributed by atoms with van der Waals surface area (Å²) in [6.07, 6.45) is 6.48. The van der Waals surface area contributed by atoms with Crippen LogP contribution < -0.4 is 10.2 Å². The van der Waals surface area contributed by atoms with Crippen molar-refractivity contribution in [1.82, 2.24) is 5.32 Å². The number of anilines is 1. The number of carbonyl (C=O) groups excluding carboxylic acids is 2. The lowest BCUT2D eigenvalue weighted by Crippen LogP contribution is -2.49. The van der Waals surface area contributed by atoms with E-state index in [0.717, 1.165) is 37.0 Å². The van der Waals surface area contributed by atoms with Crippen molar-refractivity contribution >= 4 is 35.0 Å². The first-order valence-electron chi connectivity index (χ1n) is 14.3. The number of amides is 2. The lowest BCUT2D eigenvalue weighted by molar-refractivity contribution is -0.124. The molecule has 2 saturated carbocycles. The van der Waals surface area contributed by atoms with Crippen LogP contribution in [0.4, 0.5) is 10.5 Å². The molecule has 3 aliphatic rings. The number of aromatic carboxylic acids is 1. The molecular weight excluding hydrogens is 516 g/mol. The second-order valence-electron chi connectivity index (χ2n) is 12.3. The molecule has 8 nitrogen and oxygen atoms in total. The lowest BCUT2D eigenvalue weighted by Gasteiger charge is -2.39. The Balaban J connectivity index is 1.53. The maximum atomic E-state index is 14.1. The number of hydrogen-bond donors (Lipinski definition) is 2. The van der Waals surface area contributed by atoms with Crippen LogP contribution >= 0.6 is 11.3 Å². The molecular formula is C30H42N2O6S. The number of thiophene rings is 1. The fourth-order valence-corrected chi connectivity index (χ4v) is 6.50. The van der Waals surface area contributed by atoms with Gasteiger partial charge in [-0.2, -0.15) is 0 Å². The van der Waals surface area contributed by atoms with Crippen molar-refractivity contribution in [3.05, 3.63) is 15.8 Å². The lowest BCUT2D eigenvalue weighted by atomic mass is 9.81. The molecule has 1 aromatic heterocycles. The van der Waals surface area contributed by atoms with Gasteiger partial charge in [0.05, 0.1) is 23.8 Å². The third-order valence-electron chi connectivity index (χ3n) is 7.87. The van der Waals surface area contributed by atoms with E-state index in [0.29, 0.717) is 61.8 Å². The highest BCUT2D eigenvalue weighted by molar-refractivity contribution is 7.15. The highest BCUT2D eigenvalue weighted by Crippen LogP contribution is 2.39. The molecule has 1 saturated heterocycles. The zero-order chi connectivity index (χ0) is 28.2. The molecule has 214 valence electrons. The van der Waals surface area contributed by atoms with Crippen LogP contribution in [0.15, 0.2) is 6.07 Å². The molecule has 0 spiro atoms. The van der Waals surface area contributed by atoms with Crippen LogP contribution in [-0.2, 0) is 14.3 Å². The maximum absolute atomic E-state index is 14.1. The monoisotopic (exact) mass is 558 g/mol. The standard InChI is InChI=1S/C30H42N2O6S/c1-19-5-7-20(8-6-19)27(33)32(25-17-24(13-15-30(2,3)4)39-26(25)28(34)35)22-11-9-21(10-12-22)31-29(36)38-23-14-16-37-18-23/h17,19-23H,5-12,14,16,18H2,1-4H3,(H,31,36)(H,34,35)/t19?,20?,21?,22?,23-/m1/s1. The smallest absolute Gasteiger partial charge is 0.407 e. The summed E-state index contributed by atoms with van der Waals surface area (Å²) in [5.41, 5.74) is 0.241. The molecule has 2 aliphatic carbocycles. The minimum Gasteiger partial charge on any atom is -0.477 e. The van der Waals surface area contributed by atoms with E-state index in [9.17, 15) is 19.5 Å². The Labute approximate surface area is 235 Å². The highest BCUT2D eigenvalue weighted by atomic mass is 32.1. The van der Waals surface area contributed by atoms with Crippen LogP contribution in [0, 0.1) is 29.1 Å². The van der Waals surface area contributed by atoms with Gasteiger partial charge in [-0.05, 0) is 84.1 Å². The van der Waals surface area contributed by atoms with Crippen LogP contribution in [-0.4, -0.2) is 54.5 Å². The second-order valence-corrected chi connectivity index (χ2v) is 13.4. The predicted octanol–water partition coefficient (Wildman–Crippen LogP) is 5.83. The van der Waals surface area contributed by atoms with Crippen molar-refractivity contribution in [2.45, 2.75) is 104 Å². The van der Waals surface area contributed by atoms with Crippen molar-refractivity contribution in [1.29, 1.82) is 0 Å². The van der Waals surface area contributed by atoms with Crippen molar-refractivity contribution in [3.8, 4) is 11.8 Å². The molecule has 4 rings (SSSR count). The quantitative estimate of drug-likeness (QED) is 0.426. The summed E-state index contributed by atoms with van der Waals surface area (Å²) in [7, 11) is 0. The number of nitrogens with one attached hydrogen (secondary N) is 1. The van der Waals surface area contributed by atoms with Gasteiger partial charge in [0, 0.05) is 29.8 Å². The van der Waals surface area contributed by atoms with Gasteiger partial charge in [0.15, 0.2) is 0 Å². The van der Waals surface area contributed by atoms with Gasteiger partial charge in [0.25, 0.3) is 0 Å². The predicted molar refractivity (Wildman–Crippen MR) is 151 cm³/mol. The van der Waals surface area contributed by atoms with Gasteiger partial charge in [-0.25, -0.2) is 9.59 Å². The van der Waals surface area contributed by atoms with Gasteiger partial charge in [-0.15, -0.1) is 11.3 Å². The highest BCUT2D eigenvalue weighted by Gasteiger charge is 2.38. The molecule has 0 radical (unpaired) electrons. The Morgan fingerprint density at radius 1 is 1.08 bits per heavy atom. The number of carboxylic acids is 1. The average molecular weight is 559 g/mol. The van der Waals surface area contributed by atoms with E-state index in [2.05, 4.69) is 24.1 Å². The summed E-state index contributed by atoms with van der Waals surface area (Å²) in [4.78, 5) is 41.4. The number of carbonyl (C=O) groups is 3. The topological polar surface area (TPSA) is 105 Å².